The van der Waals surface area contributed by atoms with Gasteiger partial charge in [0.05, 0.1) is 13.2 Å². The Morgan fingerprint density at radius 2 is 1.78 bits per heavy atom. The van der Waals surface area contributed by atoms with Gasteiger partial charge in [-0.1, -0.05) is 17.7 Å². The van der Waals surface area contributed by atoms with Crippen LogP contribution in [0.1, 0.15) is 12.0 Å². The average molecular weight is 330 g/mol. The molecule has 0 saturated carbocycles. The maximum absolute atomic E-state index is 11.9. The lowest BCUT2D eigenvalue weighted by Crippen LogP contribution is -2.07. The van der Waals surface area contributed by atoms with Crippen LogP contribution >= 0.6 is 11.6 Å². The highest BCUT2D eigenvalue weighted by Gasteiger charge is 2.09. The van der Waals surface area contributed by atoms with Crippen molar-refractivity contribution in [2.45, 2.75) is 6.42 Å². The molecule has 4 nitrogen and oxygen atoms in total. The molecular formula is C18H16ClNO3. The lowest BCUT2D eigenvalue weighted by Gasteiger charge is -2.07. The van der Waals surface area contributed by atoms with Crippen molar-refractivity contribution in [2.24, 2.45) is 0 Å². The van der Waals surface area contributed by atoms with E-state index in [1.54, 1.807) is 30.3 Å². The maximum Gasteiger partial charge on any atom is 0.248 e. The fourth-order valence-corrected chi connectivity index (χ4v) is 2.30. The van der Waals surface area contributed by atoms with Crippen LogP contribution in [0.2, 0.25) is 5.02 Å². The summed E-state index contributed by atoms with van der Waals surface area (Å²) in [5.41, 5.74) is 1.57. The molecule has 1 amide bonds. The summed E-state index contributed by atoms with van der Waals surface area (Å²) in [5.74, 6) is 1.24. The van der Waals surface area contributed by atoms with Gasteiger partial charge in [-0.3, -0.25) is 4.79 Å². The third-order valence-corrected chi connectivity index (χ3v) is 3.56. The summed E-state index contributed by atoms with van der Waals surface area (Å²) in [5, 5.41) is 3.40. The first-order valence-corrected chi connectivity index (χ1v) is 7.73. The zero-order chi connectivity index (χ0) is 16.1. The summed E-state index contributed by atoms with van der Waals surface area (Å²) >= 11 is 5.81. The monoisotopic (exact) mass is 329 g/mol. The van der Waals surface area contributed by atoms with Gasteiger partial charge in [0.25, 0.3) is 0 Å². The van der Waals surface area contributed by atoms with E-state index < -0.39 is 0 Å². The second-order valence-electron chi connectivity index (χ2n) is 5.09. The smallest absolute Gasteiger partial charge is 0.248 e. The van der Waals surface area contributed by atoms with Crippen molar-refractivity contribution in [2.75, 3.05) is 18.5 Å². The molecule has 1 N–H and O–H groups in total. The van der Waals surface area contributed by atoms with E-state index in [0.717, 1.165) is 17.7 Å². The highest BCUT2D eigenvalue weighted by molar-refractivity contribution is 6.30. The minimum atomic E-state index is -0.209. The van der Waals surface area contributed by atoms with Gasteiger partial charge in [-0.2, -0.15) is 0 Å². The Morgan fingerprint density at radius 3 is 2.57 bits per heavy atom. The van der Waals surface area contributed by atoms with Crippen molar-refractivity contribution in [3.63, 3.8) is 0 Å². The van der Waals surface area contributed by atoms with E-state index in [-0.39, 0.29) is 5.91 Å². The van der Waals surface area contributed by atoms with Gasteiger partial charge in [0.15, 0.2) is 11.5 Å². The van der Waals surface area contributed by atoms with Crippen LogP contribution in [0.15, 0.2) is 48.5 Å². The number of carbonyl (C=O) groups excluding carboxylic acids is 1. The largest absolute Gasteiger partial charge is 0.490 e. The number of fused-ring (bicyclic) bond motifs is 1. The molecule has 0 atom stereocenters. The number of ether oxygens (including phenoxy) is 2. The van der Waals surface area contributed by atoms with E-state index in [1.807, 2.05) is 18.2 Å². The van der Waals surface area contributed by atoms with E-state index in [4.69, 9.17) is 21.1 Å². The number of halogens is 1. The molecule has 2 aromatic rings. The van der Waals surface area contributed by atoms with Crippen molar-refractivity contribution in [1.29, 1.82) is 0 Å². The van der Waals surface area contributed by atoms with E-state index in [0.29, 0.717) is 29.7 Å². The minimum Gasteiger partial charge on any atom is -0.490 e. The number of amides is 1. The van der Waals surface area contributed by atoms with Crippen molar-refractivity contribution in [3.05, 3.63) is 59.1 Å². The van der Waals surface area contributed by atoms with Crippen LogP contribution in [0, 0.1) is 0 Å². The number of rotatable bonds is 3. The molecule has 0 aromatic heterocycles. The lowest BCUT2D eigenvalue weighted by molar-refractivity contribution is -0.111. The topological polar surface area (TPSA) is 47.6 Å². The summed E-state index contributed by atoms with van der Waals surface area (Å²) in [7, 11) is 0. The van der Waals surface area contributed by atoms with Crippen molar-refractivity contribution < 1.29 is 14.3 Å². The van der Waals surface area contributed by atoms with E-state index in [2.05, 4.69) is 5.32 Å². The van der Waals surface area contributed by atoms with Crippen molar-refractivity contribution in [1.82, 2.24) is 0 Å². The van der Waals surface area contributed by atoms with Crippen LogP contribution < -0.4 is 14.8 Å². The molecule has 118 valence electrons. The van der Waals surface area contributed by atoms with Gasteiger partial charge in [-0.05, 0) is 48.0 Å². The summed E-state index contributed by atoms with van der Waals surface area (Å²) in [6.45, 7) is 1.29. The molecule has 0 fully saturated rings. The highest BCUT2D eigenvalue weighted by atomic mass is 35.5. The van der Waals surface area contributed by atoms with Crippen LogP contribution in [0.25, 0.3) is 6.08 Å². The highest BCUT2D eigenvalue weighted by Crippen LogP contribution is 2.30. The second kappa shape index (κ2) is 7.20. The zero-order valence-corrected chi connectivity index (χ0v) is 13.2. The van der Waals surface area contributed by atoms with Gasteiger partial charge in [-0.15, -0.1) is 0 Å². The normalized spacial score (nSPS) is 13.6. The quantitative estimate of drug-likeness (QED) is 0.860. The number of hydrogen-bond donors (Lipinski definition) is 1. The van der Waals surface area contributed by atoms with Gasteiger partial charge < -0.3 is 14.8 Å². The van der Waals surface area contributed by atoms with Crippen LogP contribution in [0.5, 0.6) is 11.5 Å². The maximum atomic E-state index is 11.9. The van der Waals surface area contributed by atoms with Gasteiger partial charge in [0.1, 0.15) is 0 Å². The molecule has 0 unspecified atom stereocenters. The fourth-order valence-electron chi connectivity index (χ4n) is 2.17. The number of anilines is 1. The molecule has 2 aromatic carbocycles. The average Bonchev–Trinajstić information content (AvgIpc) is 2.80. The van der Waals surface area contributed by atoms with Gasteiger partial charge >= 0.3 is 0 Å². The van der Waals surface area contributed by atoms with E-state index in [9.17, 15) is 4.79 Å². The molecule has 1 heterocycles. The molecular weight excluding hydrogens is 314 g/mol. The van der Waals surface area contributed by atoms with Crippen molar-refractivity contribution in [3.8, 4) is 11.5 Å². The van der Waals surface area contributed by atoms with Crippen LogP contribution in [0.4, 0.5) is 5.69 Å². The zero-order valence-electron chi connectivity index (χ0n) is 12.4. The first-order chi connectivity index (χ1) is 11.2. The third-order valence-electron chi connectivity index (χ3n) is 3.31. The van der Waals surface area contributed by atoms with Gasteiger partial charge in [0.2, 0.25) is 5.91 Å². The summed E-state index contributed by atoms with van der Waals surface area (Å²) in [6, 6.07) is 12.6. The number of carbonyl (C=O) groups is 1. The van der Waals surface area contributed by atoms with E-state index >= 15 is 0 Å². The van der Waals surface area contributed by atoms with Crippen molar-refractivity contribution >= 4 is 29.3 Å². The molecule has 23 heavy (non-hydrogen) atoms. The Bertz CT molecular complexity index is 726. The Hall–Kier alpha value is -2.46. The Labute approximate surface area is 139 Å². The molecule has 3 rings (SSSR count). The first kappa shape index (κ1) is 15.4. The first-order valence-electron chi connectivity index (χ1n) is 7.35. The molecule has 0 saturated heterocycles. The van der Waals surface area contributed by atoms with E-state index in [1.165, 1.54) is 6.08 Å². The predicted molar refractivity (Wildman–Crippen MR) is 91.2 cm³/mol. The van der Waals surface area contributed by atoms with Crippen LogP contribution in [-0.2, 0) is 4.79 Å². The number of nitrogens with one attached hydrogen (secondary N) is 1. The van der Waals surface area contributed by atoms with Crippen LogP contribution in [0.3, 0.4) is 0 Å². The van der Waals surface area contributed by atoms with Crippen LogP contribution in [-0.4, -0.2) is 19.1 Å². The molecule has 0 bridgehead atoms. The third kappa shape index (κ3) is 4.27. The SMILES string of the molecule is O=C(C=Cc1ccc2c(c1)OCCCO2)Nc1ccc(Cl)cc1. The van der Waals surface area contributed by atoms with Gasteiger partial charge in [0, 0.05) is 23.2 Å². The predicted octanol–water partition coefficient (Wildman–Crippen LogP) is 4.15. The molecule has 1 aliphatic heterocycles. The number of benzene rings is 2. The fraction of sp³-hybridized carbons (Fsp3) is 0.167. The molecule has 0 aliphatic carbocycles. The molecule has 0 radical (unpaired) electrons. The molecule has 0 spiro atoms. The minimum absolute atomic E-state index is 0.209. The Kier molecular flexibility index (Phi) is 4.83. The second-order valence-corrected chi connectivity index (χ2v) is 5.52. The molecule has 5 heteroatoms. The van der Waals surface area contributed by atoms with Gasteiger partial charge in [-0.25, -0.2) is 0 Å². The summed E-state index contributed by atoms with van der Waals surface area (Å²) < 4.78 is 11.2. The standard InChI is InChI=1S/C18H16ClNO3/c19-14-4-6-15(7-5-14)20-18(21)9-3-13-2-8-16-17(12-13)23-11-1-10-22-16/h2-9,12H,1,10-11H2,(H,20,21). The summed E-state index contributed by atoms with van der Waals surface area (Å²) in [6.07, 6.45) is 4.08. The lowest BCUT2D eigenvalue weighted by atomic mass is 10.2. The Morgan fingerprint density at radius 1 is 1.04 bits per heavy atom. The Balaban J connectivity index is 1.66. The summed E-state index contributed by atoms with van der Waals surface area (Å²) in [4.78, 5) is 11.9. The number of hydrogen-bond acceptors (Lipinski definition) is 3. The molecule has 1 aliphatic rings.